The van der Waals surface area contributed by atoms with Crippen LogP contribution in [0.4, 0.5) is 4.79 Å². The lowest BCUT2D eigenvalue weighted by atomic mass is 9.95. The standard InChI is InChI=1S/C14H24N4O3/c1-14(2,3)20-13(19)18-6-4-5-10(9-18)7-12-16-11(8-15)17-21-12/h10H,4-9,15H2,1-3H3/t10-/m1/s1. The number of ether oxygens (including phenoxy) is 1. The lowest BCUT2D eigenvalue weighted by molar-refractivity contribution is 0.0162. The number of nitrogens with two attached hydrogens (primary N) is 1. The second kappa shape index (κ2) is 6.43. The summed E-state index contributed by atoms with van der Waals surface area (Å²) in [6, 6.07) is 0. The largest absolute Gasteiger partial charge is 0.444 e. The van der Waals surface area contributed by atoms with Crippen molar-refractivity contribution < 1.29 is 14.1 Å². The molecule has 1 saturated heterocycles. The highest BCUT2D eigenvalue weighted by Crippen LogP contribution is 2.22. The summed E-state index contributed by atoms with van der Waals surface area (Å²) in [6.07, 6.45) is 2.42. The molecule has 1 amide bonds. The monoisotopic (exact) mass is 296 g/mol. The summed E-state index contributed by atoms with van der Waals surface area (Å²) in [4.78, 5) is 18.1. The number of hydrogen-bond acceptors (Lipinski definition) is 6. The van der Waals surface area contributed by atoms with Gasteiger partial charge in [0.15, 0.2) is 5.82 Å². The second-order valence-electron chi connectivity index (χ2n) is 6.45. The van der Waals surface area contributed by atoms with Crippen molar-refractivity contribution in [3.8, 4) is 0 Å². The van der Waals surface area contributed by atoms with E-state index >= 15 is 0 Å². The molecular weight excluding hydrogens is 272 g/mol. The first-order chi connectivity index (χ1) is 9.87. The van der Waals surface area contributed by atoms with Crippen molar-refractivity contribution >= 4 is 6.09 Å². The van der Waals surface area contributed by atoms with Crippen LogP contribution in [0.1, 0.15) is 45.3 Å². The zero-order valence-electron chi connectivity index (χ0n) is 13.0. The molecule has 1 aliphatic rings. The van der Waals surface area contributed by atoms with Crippen molar-refractivity contribution in [1.82, 2.24) is 15.0 Å². The van der Waals surface area contributed by atoms with Crippen LogP contribution in [0.5, 0.6) is 0 Å². The van der Waals surface area contributed by atoms with E-state index in [0.29, 0.717) is 30.6 Å². The summed E-state index contributed by atoms with van der Waals surface area (Å²) in [5, 5.41) is 3.79. The van der Waals surface area contributed by atoms with Gasteiger partial charge in [-0.2, -0.15) is 4.98 Å². The molecule has 0 radical (unpaired) electrons. The number of carbonyl (C=O) groups excluding carboxylic acids is 1. The molecule has 0 bridgehead atoms. The Kier molecular flexibility index (Phi) is 4.82. The van der Waals surface area contributed by atoms with Gasteiger partial charge in [0.2, 0.25) is 5.89 Å². The molecule has 0 spiro atoms. The summed E-state index contributed by atoms with van der Waals surface area (Å²) in [7, 11) is 0. The Morgan fingerprint density at radius 3 is 2.90 bits per heavy atom. The third-order valence-electron chi connectivity index (χ3n) is 3.33. The Balaban J connectivity index is 1.89. The van der Waals surface area contributed by atoms with E-state index in [2.05, 4.69) is 10.1 Å². The van der Waals surface area contributed by atoms with Gasteiger partial charge in [-0.3, -0.25) is 0 Å². The highest BCUT2D eigenvalue weighted by Gasteiger charge is 2.28. The minimum absolute atomic E-state index is 0.250. The van der Waals surface area contributed by atoms with Gasteiger partial charge in [0.05, 0.1) is 6.54 Å². The zero-order valence-corrected chi connectivity index (χ0v) is 13.0. The van der Waals surface area contributed by atoms with Crippen molar-refractivity contribution in [2.24, 2.45) is 11.7 Å². The molecular formula is C14H24N4O3. The van der Waals surface area contributed by atoms with E-state index in [-0.39, 0.29) is 12.6 Å². The maximum absolute atomic E-state index is 12.1. The van der Waals surface area contributed by atoms with Gasteiger partial charge < -0.3 is 19.9 Å². The first-order valence-corrected chi connectivity index (χ1v) is 7.37. The number of amides is 1. The van der Waals surface area contributed by atoms with Crippen LogP contribution in [0.15, 0.2) is 4.52 Å². The van der Waals surface area contributed by atoms with Crippen LogP contribution in [0, 0.1) is 5.92 Å². The molecule has 7 nitrogen and oxygen atoms in total. The Labute approximate surface area is 124 Å². The highest BCUT2D eigenvalue weighted by molar-refractivity contribution is 5.68. The van der Waals surface area contributed by atoms with Crippen LogP contribution in [0.2, 0.25) is 0 Å². The van der Waals surface area contributed by atoms with Crippen LogP contribution < -0.4 is 5.73 Å². The average Bonchev–Trinajstić information content (AvgIpc) is 2.85. The van der Waals surface area contributed by atoms with E-state index in [9.17, 15) is 4.79 Å². The lowest BCUT2D eigenvalue weighted by Gasteiger charge is -2.33. The van der Waals surface area contributed by atoms with E-state index in [0.717, 1.165) is 19.4 Å². The average molecular weight is 296 g/mol. The number of carbonyl (C=O) groups is 1. The quantitative estimate of drug-likeness (QED) is 0.912. The maximum atomic E-state index is 12.1. The van der Waals surface area contributed by atoms with Gasteiger partial charge in [-0.05, 0) is 39.5 Å². The molecule has 1 atom stereocenters. The predicted molar refractivity (Wildman–Crippen MR) is 76.4 cm³/mol. The number of aromatic nitrogens is 2. The van der Waals surface area contributed by atoms with Gasteiger partial charge in [0.1, 0.15) is 5.60 Å². The van der Waals surface area contributed by atoms with E-state index in [1.54, 1.807) is 4.90 Å². The van der Waals surface area contributed by atoms with Gasteiger partial charge in [-0.15, -0.1) is 0 Å². The molecule has 2 N–H and O–H groups in total. The number of likely N-dealkylation sites (tertiary alicyclic amines) is 1. The van der Waals surface area contributed by atoms with E-state index in [4.69, 9.17) is 15.0 Å². The molecule has 1 fully saturated rings. The number of hydrogen-bond donors (Lipinski definition) is 1. The predicted octanol–water partition coefficient (Wildman–Crippen LogP) is 1.72. The van der Waals surface area contributed by atoms with Crippen LogP contribution in [0.3, 0.4) is 0 Å². The summed E-state index contributed by atoms with van der Waals surface area (Å²) in [6.45, 7) is 7.30. The summed E-state index contributed by atoms with van der Waals surface area (Å²) >= 11 is 0. The third kappa shape index (κ3) is 4.70. The molecule has 1 aliphatic heterocycles. The minimum atomic E-state index is -0.466. The van der Waals surface area contributed by atoms with E-state index < -0.39 is 5.60 Å². The Bertz CT molecular complexity index is 481. The van der Waals surface area contributed by atoms with Crippen LogP contribution >= 0.6 is 0 Å². The highest BCUT2D eigenvalue weighted by atomic mass is 16.6. The van der Waals surface area contributed by atoms with Crippen molar-refractivity contribution in [3.63, 3.8) is 0 Å². The SMILES string of the molecule is CC(C)(C)OC(=O)N1CCC[C@H](Cc2nc(CN)no2)C1. The van der Waals surface area contributed by atoms with Crippen LogP contribution in [0.25, 0.3) is 0 Å². The van der Waals surface area contributed by atoms with Gasteiger partial charge in [-0.25, -0.2) is 4.79 Å². The van der Waals surface area contributed by atoms with Crippen molar-refractivity contribution in [1.29, 1.82) is 0 Å². The number of nitrogens with zero attached hydrogens (tertiary/aromatic N) is 3. The van der Waals surface area contributed by atoms with E-state index in [1.165, 1.54) is 0 Å². The first-order valence-electron chi connectivity index (χ1n) is 7.37. The fraction of sp³-hybridized carbons (Fsp3) is 0.786. The molecule has 118 valence electrons. The second-order valence-corrected chi connectivity index (χ2v) is 6.45. The first kappa shape index (κ1) is 15.8. The molecule has 0 aromatic carbocycles. The lowest BCUT2D eigenvalue weighted by Crippen LogP contribution is -2.43. The van der Waals surface area contributed by atoms with Gasteiger partial charge >= 0.3 is 6.09 Å². The molecule has 1 aromatic rings. The maximum Gasteiger partial charge on any atom is 0.410 e. The van der Waals surface area contributed by atoms with Gasteiger partial charge in [0.25, 0.3) is 0 Å². The molecule has 21 heavy (non-hydrogen) atoms. The van der Waals surface area contributed by atoms with E-state index in [1.807, 2.05) is 20.8 Å². The minimum Gasteiger partial charge on any atom is -0.444 e. The van der Waals surface area contributed by atoms with Crippen molar-refractivity contribution in [3.05, 3.63) is 11.7 Å². The molecule has 2 heterocycles. The van der Waals surface area contributed by atoms with Crippen LogP contribution in [-0.2, 0) is 17.7 Å². The molecule has 0 unspecified atom stereocenters. The van der Waals surface area contributed by atoms with Gasteiger partial charge in [0, 0.05) is 19.5 Å². The number of piperidine rings is 1. The van der Waals surface area contributed by atoms with Crippen molar-refractivity contribution in [2.45, 2.75) is 52.2 Å². The smallest absolute Gasteiger partial charge is 0.410 e. The Morgan fingerprint density at radius 2 is 2.29 bits per heavy atom. The topological polar surface area (TPSA) is 94.5 Å². The van der Waals surface area contributed by atoms with Crippen LogP contribution in [-0.4, -0.2) is 39.8 Å². The summed E-state index contributed by atoms with van der Waals surface area (Å²) in [5.74, 6) is 1.42. The fourth-order valence-electron chi connectivity index (χ4n) is 2.43. The molecule has 2 rings (SSSR count). The summed E-state index contributed by atoms with van der Waals surface area (Å²) in [5.41, 5.74) is 5.00. The molecule has 0 saturated carbocycles. The van der Waals surface area contributed by atoms with Gasteiger partial charge in [-0.1, -0.05) is 5.16 Å². The van der Waals surface area contributed by atoms with Crippen molar-refractivity contribution in [2.75, 3.05) is 13.1 Å². The normalized spacial score (nSPS) is 19.6. The molecule has 7 heteroatoms. The number of rotatable bonds is 3. The molecule has 1 aromatic heterocycles. The Morgan fingerprint density at radius 1 is 1.52 bits per heavy atom. The third-order valence-corrected chi connectivity index (χ3v) is 3.33. The summed E-state index contributed by atoms with van der Waals surface area (Å²) < 4.78 is 10.6. The zero-order chi connectivity index (χ0) is 15.5. The molecule has 0 aliphatic carbocycles. The Hall–Kier alpha value is -1.63. The fourth-order valence-corrected chi connectivity index (χ4v) is 2.43.